The first-order valence-corrected chi connectivity index (χ1v) is 25.4. The molecular weight excluding hydrogens is 837 g/mol. The summed E-state index contributed by atoms with van der Waals surface area (Å²) < 4.78 is 17.1. The van der Waals surface area contributed by atoms with Crippen LogP contribution in [0.2, 0.25) is 0 Å². The van der Waals surface area contributed by atoms with Gasteiger partial charge < -0.3 is 35.1 Å². The Hall–Kier alpha value is -3.28. The first kappa shape index (κ1) is 52.1. The van der Waals surface area contributed by atoms with E-state index in [0.717, 1.165) is 70.9 Å². The molecule has 1 aromatic heterocycles. The second kappa shape index (κ2) is 22.9. The third-order valence-electron chi connectivity index (χ3n) is 15.8. The fourth-order valence-corrected chi connectivity index (χ4v) is 11.4. The van der Waals surface area contributed by atoms with Gasteiger partial charge in [-0.3, -0.25) is 14.4 Å². The average Bonchev–Trinajstić information content (AvgIpc) is 3.64. The number of epoxide rings is 1. The van der Waals surface area contributed by atoms with Crippen LogP contribution in [0.4, 0.5) is 0 Å². The molecule has 10 nitrogen and oxygen atoms in total. The summed E-state index contributed by atoms with van der Waals surface area (Å²) in [4.78, 5) is 46.7. The van der Waals surface area contributed by atoms with Gasteiger partial charge >= 0.3 is 35.0 Å². The number of nitrogens with zero attached hydrogens (tertiary/aromatic N) is 4. The summed E-state index contributed by atoms with van der Waals surface area (Å²) in [6.45, 7) is 23.4. The van der Waals surface area contributed by atoms with Gasteiger partial charge in [-0.05, 0) is 80.0 Å². The molecule has 0 saturated carbocycles. The fraction of sp³-hybridized carbons (Fsp3) is 0.691. The van der Waals surface area contributed by atoms with E-state index in [-0.39, 0.29) is 83.0 Å². The van der Waals surface area contributed by atoms with Crippen LogP contribution >= 0.6 is 0 Å². The second-order valence-corrected chi connectivity index (χ2v) is 21.3. The van der Waals surface area contributed by atoms with Gasteiger partial charge in [0.05, 0.1) is 26.4 Å². The number of hydrogen-bond acceptors (Lipinski definition) is 6. The molecule has 11 heteroatoms. The zero-order valence-corrected chi connectivity index (χ0v) is 43.6. The number of carbonyl (C=O) groups excluding carboxylic acids is 3. The van der Waals surface area contributed by atoms with E-state index in [4.69, 9.17) is 35.1 Å². The maximum Gasteiger partial charge on any atom is 2.00 e. The van der Waals surface area contributed by atoms with Gasteiger partial charge in [-0.15, -0.1) is 23.2 Å². The fourth-order valence-electron chi connectivity index (χ4n) is 11.4. The van der Waals surface area contributed by atoms with Crippen molar-refractivity contribution in [3.63, 3.8) is 0 Å². The molecular formula is C55H78MgN4O6-2. The van der Waals surface area contributed by atoms with Crippen LogP contribution in [0.25, 0.3) is 27.6 Å². The normalized spacial score (nSPS) is 31.1. The number of fused-ring (bicyclic) bond motifs is 7. The summed E-state index contributed by atoms with van der Waals surface area (Å²) in [5, 5.41) is 15.8. The Labute approximate surface area is 413 Å². The number of Topliss-reactive ketones (excluding diaryl/α,β-unsaturated/α-hetero) is 1. The average molecular weight is 916 g/mol. The van der Waals surface area contributed by atoms with Crippen molar-refractivity contribution in [3.05, 3.63) is 84.7 Å². The summed E-state index contributed by atoms with van der Waals surface area (Å²) in [6, 6.07) is -0.121. The van der Waals surface area contributed by atoms with Crippen molar-refractivity contribution in [2.24, 2.45) is 59.2 Å². The molecule has 8 bridgehead atoms. The molecule has 0 aromatic carbocycles. The molecule has 5 aliphatic heterocycles. The molecule has 3 fully saturated rings. The minimum Gasteiger partial charge on any atom is -0.678 e. The number of esters is 2. The van der Waals surface area contributed by atoms with Crippen molar-refractivity contribution in [2.75, 3.05) is 20.3 Å². The molecule has 2 unspecified atom stereocenters. The number of rotatable bonds is 21. The van der Waals surface area contributed by atoms with E-state index in [1.807, 2.05) is 13.0 Å². The van der Waals surface area contributed by atoms with Gasteiger partial charge in [-0.2, -0.15) is 22.8 Å². The minimum absolute atomic E-state index is 0. The zero-order valence-electron chi connectivity index (χ0n) is 42.2. The standard InChI is InChI=1S/C55H79N4O6.Mg/c1-12-38-34(7)40-28-45-48(46-29-65-46)36(9)42(57-45)26-41-35(8)39(52(58-41)50-51(55(62)63-11)54(61)49-37(10)43(59-53(49)50)27-44(38)56-40)22-23-47(60)64-25-24-33(6)21-15-20-32(5)19-14-18-31(4)17-13-16-30(2)3;/h26-28,30-35,38-39,45-46,48,51H,12-25,29H2,1-11H3,(H-,58,59,61);/q-3;+2/p-1/b40-28-,41-26-,44-27-;/t31-,32-,33?,34-,35+,38-,39+,45?,46+,48-,51-;/m1./s1. The molecule has 0 radical (unpaired) electrons. The zero-order chi connectivity index (χ0) is 46.7. The topological polar surface area (TPSA) is 139 Å². The van der Waals surface area contributed by atoms with Gasteiger partial charge in [-0.25, -0.2) is 0 Å². The minimum atomic E-state index is -1.19. The molecule has 0 amide bonds. The van der Waals surface area contributed by atoms with Crippen LogP contribution < -0.4 is 4.98 Å². The Morgan fingerprint density at radius 3 is 2.06 bits per heavy atom. The summed E-state index contributed by atoms with van der Waals surface area (Å²) in [5.74, 6) is 0.492. The van der Waals surface area contributed by atoms with E-state index in [2.05, 4.69) is 74.5 Å². The predicted octanol–water partition coefficient (Wildman–Crippen LogP) is 12.9. The van der Waals surface area contributed by atoms with Crippen LogP contribution in [0.1, 0.15) is 173 Å². The number of ketones is 1. The second-order valence-electron chi connectivity index (χ2n) is 21.3. The smallest absolute Gasteiger partial charge is 0.678 e. The number of aromatic nitrogens is 1. The summed E-state index contributed by atoms with van der Waals surface area (Å²) >= 11 is 0. The van der Waals surface area contributed by atoms with Crippen LogP contribution in [0.3, 0.4) is 0 Å². The largest absolute Gasteiger partial charge is 2.00 e. The van der Waals surface area contributed by atoms with Crippen molar-refractivity contribution < 1.29 is 28.6 Å². The predicted molar refractivity (Wildman–Crippen MR) is 265 cm³/mol. The Morgan fingerprint density at radius 2 is 1.45 bits per heavy atom. The van der Waals surface area contributed by atoms with Crippen LogP contribution in [0.15, 0.2) is 46.2 Å². The number of carbonyl (C=O) groups is 3. The molecule has 6 aliphatic rings. The maximum atomic E-state index is 14.4. The third-order valence-corrected chi connectivity index (χ3v) is 15.8. The van der Waals surface area contributed by atoms with E-state index in [0.29, 0.717) is 53.8 Å². The van der Waals surface area contributed by atoms with Gasteiger partial charge in [0.15, 0.2) is 5.78 Å². The molecule has 3 saturated heterocycles. The molecule has 1 aliphatic carbocycles. The molecule has 66 heavy (non-hydrogen) atoms. The van der Waals surface area contributed by atoms with Crippen LogP contribution in [0, 0.1) is 66.1 Å². The summed E-state index contributed by atoms with van der Waals surface area (Å²) in [7, 11) is 1.31. The monoisotopic (exact) mass is 915 g/mol. The van der Waals surface area contributed by atoms with Crippen molar-refractivity contribution in [1.82, 2.24) is 4.98 Å². The molecule has 0 spiro atoms. The van der Waals surface area contributed by atoms with Crippen molar-refractivity contribution in [2.45, 2.75) is 165 Å². The summed E-state index contributed by atoms with van der Waals surface area (Å²) in [5.41, 5.74) is 8.20. The van der Waals surface area contributed by atoms with E-state index in [1.165, 1.54) is 58.5 Å². The molecule has 0 N–H and O–H groups in total. The molecule has 1 aromatic rings. The third kappa shape index (κ3) is 11.6. The number of allylic oxidation sites excluding steroid dienone is 5. The van der Waals surface area contributed by atoms with Gasteiger partial charge in [-0.1, -0.05) is 155 Å². The Morgan fingerprint density at radius 1 is 0.833 bits per heavy atom. The molecule has 7 rings (SSSR count). The SMILES string of the molecule is CC[C@H]1/C2=C/c3[n-]c4c(c3C)C(=O)[C@H](C(=O)OC)/C4=C3/[N-]/C(=C\C4=C(C)[C@@H]([C@@H]5CO5)C(/C=C(\[N-]2)[C@@H]1C)[N-]4)[C@@H](C)[C@@H]3CCC(=O)OCCC(C)CCC[C@H](C)CCC[C@H](C)CCCC(C)C.[Mg+2]. The van der Waals surface area contributed by atoms with E-state index in [9.17, 15) is 14.4 Å². The van der Waals surface area contributed by atoms with Crippen molar-refractivity contribution >= 4 is 52.4 Å². The first-order valence-electron chi connectivity index (χ1n) is 25.4. The Bertz CT molecular complexity index is 2090. The Kier molecular flexibility index (Phi) is 18.1. The van der Waals surface area contributed by atoms with E-state index >= 15 is 0 Å². The molecule has 6 heterocycles. The first-order chi connectivity index (χ1) is 31.1. The number of methoxy groups -OCH3 is 1. The summed E-state index contributed by atoms with van der Waals surface area (Å²) in [6.07, 6.45) is 20.4. The van der Waals surface area contributed by atoms with Gasteiger partial charge in [0, 0.05) is 12.0 Å². The van der Waals surface area contributed by atoms with Gasteiger partial charge in [0.2, 0.25) is 0 Å². The van der Waals surface area contributed by atoms with Crippen molar-refractivity contribution in [1.29, 1.82) is 0 Å². The van der Waals surface area contributed by atoms with Crippen LogP contribution in [-0.4, -0.2) is 73.2 Å². The molecule has 358 valence electrons. The maximum absolute atomic E-state index is 14.4. The van der Waals surface area contributed by atoms with Crippen LogP contribution in [0.5, 0.6) is 0 Å². The van der Waals surface area contributed by atoms with E-state index in [1.54, 1.807) is 0 Å². The van der Waals surface area contributed by atoms with Crippen molar-refractivity contribution in [3.8, 4) is 0 Å². The van der Waals surface area contributed by atoms with E-state index < -0.39 is 11.9 Å². The van der Waals surface area contributed by atoms with Gasteiger partial charge in [0.1, 0.15) is 5.92 Å². The molecule has 11 atom stereocenters. The Balaban J connectivity index is 0.00000720. The van der Waals surface area contributed by atoms with Crippen LogP contribution in [-0.2, 0) is 23.8 Å². The quantitative estimate of drug-likeness (QED) is 0.0518. The number of ether oxygens (including phenoxy) is 3. The van der Waals surface area contributed by atoms with Gasteiger partial charge in [0.25, 0.3) is 0 Å². The number of hydrogen-bond donors (Lipinski definition) is 0.